The Bertz CT molecular complexity index is 1020. The van der Waals surface area contributed by atoms with Crippen molar-refractivity contribution in [1.82, 2.24) is 20.2 Å². The van der Waals surface area contributed by atoms with Gasteiger partial charge in [-0.2, -0.15) is 9.94 Å². The Hall–Kier alpha value is -3.18. The van der Waals surface area contributed by atoms with Gasteiger partial charge in [0, 0.05) is 5.69 Å². The molecule has 0 saturated carbocycles. The summed E-state index contributed by atoms with van der Waals surface area (Å²) in [5.41, 5.74) is 4.11. The first-order valence-electron chi connectivity index (χ1n) is 8.31. The lowest BCUT2D eigenvalue weighted by molar-refractivity contribution is -0.115. The summed E-state index contributed by atoms with van der Waals surface area (Å²) in [6.45, 7) is 5.78. The summed E-state index contributed by atoms with van der Waals surface area (Å²) in [6.07, 6.45) is 0. The molecule has 7 nitrogen and oxygen atoms in total. The van der Waals surface area contributed by atoms with Crippen LogP contribution < -0.4 is 5.32 Å². The molecule has 3 aromatic rings. The predicted octanol–water partition coefficient (Wildman–Crippen LogP) is 3.27. The minimum atomic E-state index is -0.425. The van der Waals surface area contributed by atoms with Gasteiger partial charge in [0.1, 0.15) is 0 Å². The molecule has 136 valence electrons. The van der Waals surface area contributed by atoms with Crippen LogP contribution in [0.3, 0.4) is 0 Å². The number of rotatable bonds is 5. The van der Waals surface area contributed by atoms with E-state index >= 15 is 0 Å². The molecule has 0 fully saturated rings. The molecule has 8 heteroatoms. The molecular formula is C19H18N6OS. The smallest absolute Gasteiger partial charge is 0.237 e. The van der Waals surface area contributed by atoms with Crippen molar-refractivity contribution in [3.63, 3.8) is 0 Å². The fourth-order valence-corrected chi connectivity index (χ4v) is 3.27. The predicted molar refractivity (Wildman–Crippen MR) is 104 cm³/mol. The summed E-state index contributed by atoms with van der Waals surface area (Å²) in [5.74, 6) is -0.189. The number of amides is 1. The topological polar surface area (TPSA) is 96.5 Å². The first kappa shape index (κ1) is 18.6. The van der Waals surface area contributed by atoms with E-state index in [1.807, 2.05) is 32.0 Å². The van der Waals surface area contributed by atoms with E-state index in [1.54, 1.807) is 35.9 Å². The van der Waals surface area contributed by atoms with Gasteiger partial charge in [0.2, 0.25) is 11.1 Å². The molecule has 0 radical (unpaired) electrons. The Balaban J connectivity index is 1.76. The molecule has 1 heterocycles. The van der Waals surface area contributed by atoms with E-state index in [2.05, 4.69) is 26.9 Å². The third kappa shape index (κ3) is 4.33. The van der Waals surface area contributed by atoms with Crippen molar-refractivity contribution >= 4 is 23.4 Å². The van der Waals surface area contributed by atoms with Crippen molar-refractivity contribution in [2.75, 3.05) is 5.32 Å². The molecule has 0 bridgehead atoms. The Morgan fingerprint density at radius 2 is 2.07 bits per heavy atom. The number of benzene rings is 2. The standard InChI is InChI=1S/C19H18N6OS/c1-12-7-8-13(2)17(9-12)25-19(22-23-24-25)27-14(3)18(26)21-16-6-4-5-15(10-16)11-20/h4-10,14H,1-3H3,(H,21,26)/t14-/m0/s1. The quantitative estimate of drug-likeness (QED) is 0.685. The van der Waals surface area contributed by atoms with Crippen LogP contribution in [-0.4, -0.2) is 31.4 Å². The molecule has 27 heavy (non-hydrogen) atoms. The minimum absolute atomic E-state index is 0.189. The van der Waals surface area contributed by atoms with Crippen LogP contribution in [-0.2, 0) is 4.79 Å². The first-order valence-corrected chi connectivity index (χ1v) is 9.19. The van der Waals surface area contributed by atoms with Crippen molar-refractivity contribution in [1.29, 1.82) is 5.26 Å². The number of carbonyl (C=O) groups excluding carboxylic acids is 1. The van der Waals surface area contributed by atoms with Crippen molar-refractivity contribution in [3.05, 3.63) is 59.2 Å². The first-order chi connectivity index (χ1) is 13.0. The van der Waals surface area contributed by atoms with Gasteiger partial charge in [-0.3, -0.25) is 4.79 Å². The Morgan fingerprint density at radius 1 is 1.26 bits per heavy atom. The van der Waals surface area contributed by atoms with Crippen LogP contribution in [0.4, 0.5) is 5.69 Å². The van der Waals surface area contributed by atoms with Gasteiger partial charge in [0.15, 0.2) is 0 Å². The lowest BCUT2D eigenvalue weighted by Gasteiger charge is -2.13. The summed E-state index contributed by atoms with van der Waals surface area (Å²) in [5, 5.41) is 23.8. The van der Waals surface area contributed by atoms with Gasteiger partial charge < -0.3 is 5.32 Å². The minimum Gasteiger partial charge on any atom is -0.325 e. The lowest BCUT2D eigenvalue weighted by Crippen LogP contribution is -2.23. The van der Waals surface area contributed by atoms with Crippen molar-refractivity contribution in [2.24, 2.45) is 0 Å². The number of carbonyl (C=O) groups is 1. The van der Waals surface area contributed by atoms with Crippen molar-refractivity contribution in [2.45, 2.75) is 31.2 Å². The Kier molecular flexibility index (Phi) is 5.52. The highest BCUT2D eigenvalue weighted by atomic mass is 32.2. The van der Waals surface area contributed by atoms with Crippen LogP contribution in [0.25, 0.3) is 5.69 Å². The molecule has 1 aromatic heterocycles. The molecule has 0 saturated heterocycles. The largest absolute Gasteiger partial charge is 0.325 e. The third-order valence-corrected chi connectivity index (χ3v) is 4.98. The number of tetrazole rings is 1. The monoisotopic (exact) mass is 378 g/mol. The number of aryl methyl sites for hydroxylation is 2. The van der Waals surface area contributed by atoms with E-state index in [-0.39, 0.29) is 5.91 Å². The van der Waals surface area contributed by atoms with E-state index in [1.165, 1.54) is 11.8 Å². The van der Waals surface area contributed by atoms with E-state index in [0.717, 1.165) is 16.8 Å². The normalized spacial score (nSPS) is 11.6. The summed E-state index contributed by atoms with van der Waals surface area (Å²) in [7, 11) is 0. The van der Waals surface area contributed by atoms with Gasteiger partial charge >= 0.3 is 0 Å². The molecular weight excluding hydrogens is 360 g/mol. The Morgan fingerprint density at radius 3 is 2.85 bits per heavy atom. The summed E-state index contributed by atoms with van der Waals surface area (Å²) in [6, 6.07) is 14.9. The second kappa shape index (κ2) is 8.01. The molecule has 0 spiro atoms. The number of thioether (sulfide) groups is 1. The molecule has 0 aliphatic heterocycles. The number of nitrogens with zero attached hydrogens (tertiary/aromatic N) is 5. The molecule has 3 rings (SSSR count). The lowest BCUT2D eigenvalue weighted by atomic mass is 10.1. The third-order valence-electron chi connectivity index (χ3n) is 3.94. The van der Waals surface area contributed by atoms with E-state index in [4.69, 9.17) is 5.26 Å². The number of hydrogen-bond acceptors (Lipinski definition) is 6. The van der Waals surface area contributed by atoms with Crippen LogP contribution in [0.1, 0.15) is 23.6 Å². The van der Waals surface area contributed by atoms with Gasteiger partial charge in [-0.1, -0.05) is 30.0 Å². The zero-order valence-electron chi connectivity index (χ0n) is 15.2. The summed E-state index contributed by atoms with van der Waals surface area (Å²) < 4.78 is 1.65. The maximum absolute atomic E-state index is 12.5. The van der Waals surface area contributed by atoms with Gasteiger partial charge in [0.25, 0.3) is 0 Å². The highest BCUT2D eigenvalue weighted by Gasteiger charge is 2.20. The van der Waals surface area contributed by atoms with E-state index in [9.17, 15) is 4.79 Å². The van der Waals surface area contributed by atoms with E-state index < -0.39 is 5.25 Å². The van der Waals surface area contributed by atoms with Crippen LogP contribution in [0.5, 0.6) is 0 Å². The zero-order valence-corrected chi connectivity index (χ0v) is 16.0. The second-order valence-corrected chi connectivity index (χ2v) is 7.41. The van der Waals surface area contributed by atoms with E-state index in [0.29, 0.717) is 16.4 Å². The summed E-state index contributed by atoms with van der Waals surface area (Å²) >= 11 is 1.27. The molecule has 2 aromatic carbocycles. The van der Waals surface area contributed by atoms with Crippen LogP contribution in [0.15, 0.2) is 47.6 Å². The summed E-state index contributed by atoms with van der Waals surface area (Å²) in [4.78, 5) is 12.5. The highest BCUT2D eigenvalue weighted by molar-refractivity contribution is 8.00. The molecule has 1 N–H and O–H groups in total. The van der Waals surface area contributed by atoms with Gasteiger partial charge in [-0.05, 0) is 66.6 Å². The molecule has 0 aliphatic rings. The number of anilines is 1. The average Bonchev–Trinajstić information content (AvgIpc) is 3.11. The molecule has 0 unspecified atom stereocenters. The molecule has 1 atom stereocenters. The van der Waals surface area contributed by atoms with Crippen LogP contribution in [0.2, 0.25) is 0 Å². The van der Waals surface area contributed by atoms with Gasteiger partial charge in [-0.25, -0.2) is 0 Å². The van der Waals surface area contributed by atoms with Crippen LogP contribution >= 0.6 is 11.8 Å². The van der Waals surface area contributed by atoms with Crippen molar-refractivity contribution in [3.8, 4) is 11.8 Å². The number of aromatic nitrogens is 4. The average molecular weight is 378 g/mol. The van der Waals surface area contributed by atoms with Crippen LogP contribution in [0, 0.1) is 25.2 Å². The maximum atomic E-state index is 12.5. The number of hydrogen-bond donors (Lipinski definition) is 1. The van der Waals surface area contributed by atoms with Gasteiger partial charge in [0.05, 0.1) is 22.6 Å². The maximum Gasteiger partial charge on any atom is 0.237 e. The highest BCUT2D eigenvalue weighted by Crippen LogP contribution is 2.25. The molecule has 0 aliphatic carbocycles. The number of nitriles is 1. The Labute approximate surface area is 161 Å². The fourth-order valence-electron chi connectivity index (χ4n) is 2.47. The zero-order chi connectivity index (χ0) is 19.4. The fraction of sp³-hybridized carbons (Fsp3) is 0.211. The second-order valence-electron chi connectivity index (χ2n) is 6.11. The number of nitrogens with one attached hydrogen (secondary N) is 1. The SMILES string of the molecule is Cc1ccc(C)c(-n2nnnc2S[C@@H](C)C(=O)Nc2cccc(C#N)c2)c1. The van der Waals surface area contributed by atoms with Gasteiger partial charge in [-0.15, -0.1) is 5.10 Å². The molecule has 1 amide bonds. The van der Waals surface area contributed by atoms with Crippen molar-refractivity contribution < 1.29 is 4.79 Å².